The minimum Gasteiger partial charge on any atom is -0.497 e. The SMILES string of the molecule is COc1ccc(N2CCC(NC(=O)Cc3csc(-c4ccccc4Cl)n3)CC2)cc1. The Labute approximate surface area is 185 Å². The average molecular weight is 442 g/mol. The first-order chi connectivity index (χ1) is 14.6. The van der Waals surface area contributed by atoms with Crippen molar-refractivity contribution < 1.29 is 9.53 Å². The van der Waals surface area contributed by atoms with E-state index in [1.807, 2.05) is 41.8 Å². The molecule has 1 saturated heterocycles. The van der Waals surface area contributed by atoms with Gasteiger partial charge >= 0.3 is 0 Å². The van der Waals surface area contributed by atoms with Gasteiger partial charge in [0.05, 0.1) is 24.2 Å². The maximum atomic E-state index is 12.5. The maximum absolute atomic E-state index is 12.5. The molecule has 1 aliphatic rings. The molecule has 2 aromatic carbocycles. The van der Waals surface area contributed by atoms with Crippen LogP contribution in [0.15, 0.2) is 53.9 Å². The van der Waals surface area contributed by atoms with E-state index in [-0.39, 0.29) is 11.9 Å². The minimum absolute atomic E-state index is 0.0221. The molecule has 1 aliphatic heterocycles. The molecule has 0 radical (unpaired) electrons. The molecule has 3 aromatic rings. The van der Waals surface area contributed by atoms with Crippen molar-refractivity contribution in [1.82, 2.24) is 10.3 Å². The fourth-order valence-corrected chi connectivity index (χ4v) is 4.80. The summed E-state index contributed by atoms with van der Waals surface area (Å²) in [5, 5.41) is 6.62. The lowest BCUT2D eigenvalue weighted by molar-refractivity contribution is -0.121. The van der Waals surface area contributed by atoms with E-state index < -0.39 is 0 Å². The molecular formula is C23H24ClN3O2S. The summed E-state index contributed by atoms with van der Waals surface area (Å²) >= 11 is 7.77. The van der Waals surface area contributed by atoms with Crippen LogP contribution in [0.1, 0.15) is 18.5 Å². The zero-order valence-corrected chi connectivity index (χ0v) is 18.4. The number of amides is 1. The number of piperidine rings is 1. The van der Waals surface area contributed by atoms with E-state index in [1.54, 1.807) is 7.11 Å². The lowest BCUT2D eigenvalue weighted by Crippen LogP contribution is -2.45. The Bertz CT molecular complexity index is 998. The molecule has 4 rings (SSSR count). The summed E-state index contributed by atoms with van der Waals surface area (Å²) in [6.45, 7) is 1.84. The lowest BCUT2D eigenvalue weighted by Gasteiger charge is -2.34. The van der Waals surface area contributed by atoms with Crippen LogP contribution in [0, 0.1) is 0 Å². The highest BCUT2D eigenvalue weighted by Gasteiger charge is 2.21. The first kappa shape index (κ1) is 20.7. The van der Waals surface area contributed by atoms with Gasteiger partial charge in [0.1, 0.15) is 10.8 Å². The highest BCUT2D eigenvalue weighted by molar-refractivity contribution is 7.13. The molecule has 7 heteroatoms. The number of nitrogens with zero attached hydrogens (tertiary/aromatic N) is 2. The fourth-order valence-electron chi connectivity index (χ4n) is 3.66. The van der Waals surface area contributed by atoms with Crippen LogP contribution in [0.5, 0.6) is 5.75 Å². The number of aromatic nitrogens is 1. The van der Waals surface area contributed by atoms with Crippen LogP contribution in [0.2, 0.25) is 5.02 Å². The second-order valence-corrected chi connectivity index (χ2v) is 8.59. The topological polar surface area (TPSA) is 54.5 Å². The summed E-state index contributed by atoms with van der Waals surface area (Å²) in [7, 11) is 1.67. The summed E-state index contributed by atoms with van der Waals surface area (Å²) in [6.07, 6.45) is 2.15. The van der Waals surface area contributed by atoms with Gasteiger partial charge in [-0.15, -0.1) is 11.3 Å². The number of hydrogen-bond acceptors (Lipinski definition) is 5. The molecule has 1 aromatic heterocycles. The van der Waals surface area contributed by atoms with Crippen LogP contribution in [-0.4, -0.2) is 37.1 Å². The Morgan fingerprint density at radius 1 is 1.20 bits per heavy atom. The number of thiazole rings is 1. The largest absolute Gasteiger partial charge is 0.497 e. The average Bonchev–Trinajstić information content (AvgIpc) is 3.22. The molecule has 0 spiro atoms. The molecule has 1 N–H and O–H groups in total. The van der Waals surface area contributed by atoms with Crippen molar-refractivity contribution in [3.63, 3.8) is 0 Å². The second-order valence-electron chi connectivity index (χ2n) is 7.33. The number of rotatable bonds is 6. The first-order valence-corrected chi connectivity index (χ1v) is 11.3. The highest BCUT2D eigenvalue weighted by Crippen LogP contribution is 2.30. The maximum Gasteiger partial charge on any atom is 0.226 e. The number of carbonyl (C=O) groups excluding carboxylic acids is 1. The van der Waals surface area contributed by atoms with Crippen molar-refractivity contribution in [1.29, 1.82) is 0 Å². The van der Waals surface area contributed by atoms with Crippen LogP contribution < -0.4 is 15.0 Å². The third-order valence-electron chi connectivity index (χ3n) is 5.30. The zero-order chi connectivity index (χ0) is 20.9. The molecule has 1 fully saturated rings. The Hall–Kier alpha value is -2.57. The smallest absolute Gasteiger partial charge is 0.226 e. The van der Waals surface area contributed by atoms with Crippen molar-refractivity contribution in [2.75, 3.05) is 25.1 Å². The number of ether oxygens (including phenoxy) is 1. The predicted molar refractivity (Wildman–Crippen MR) is 123 cm³/mol. The van der Waals surface area contributed by atoms with Crippen LogP contribution in [0.4, 0.5) is 5.69 Å². The molecule has 5 nitrogen and oxygen atoms in total. The molecule has 30 heavy (non-hydrogen) atoms. The number of carbonyl (C=O) groups is 1. The lowest BCUT2D eigenvalue weighted by atomic mass is 10.0. The van der Waals surface area contributed by atoms with Gasteiger partial charge in [0.15, 0.2) is 0 Å². The molecule has 0 atom stereocenters. The standard InChI is InChI=1S/C23H24ClN3O2S/c1-29-19-8-6-18(7-9-19)27-12-10-16(11-13-27)25-22(28)14-17-15-30-23(26-17)20-4-2-3-5-21(20)24/h2-9,15-16H,10-14H2,1H3,(H,25,28). The molecule has 1 amide bonds. The van der Waals surface area contributed by atoms with E-state index in [9.17, 15) is 4.79 Å². The Morgan fingerprint density at radius 3 is 2.63 bits per heavy atom. The Balaban J connectivity index is 1.28. The quantitative estimate of drug-likeness (QED) is 0.597. The minimum atomic E-state index is 0.0221. The van der Waals surface area contributed by atoms with Crippen molar-refractivity contribution in [3.8, 4) is 16.3 Å². The Morgan fingerprint density at radius 2 is 1.93 bits per heavy atom. The summed E-state index contributed by atoms with van der Waals surface area (Å²) in [6, 6.07) is 16.0. The number of hydrogen-bond donors (Lipinski definition) is 1. The van der Waals surface area contributed by atoms with E-state index in [0.717, 1.165) is 47.9 Å². The van der Waals surface area contributed by atoms with Gasteiger partial charge in [0, 0.05) is 35.8 Å². The van der Waals surface area contributed by atoms with Gasteiger partial charge in [0.2, 0.25) is 5.91 Å². The monoisotopic (exact) mass is 441 g/mol. The van der Waals surface area contributed by atoms with E-state index in [0.29, 0.717) is 11.4 Å². The van der Waals surface area contributed by atoms with Gasteiger partial charge in [-0.25, -0.2) is 4.98 Å². The van der Waals surface area contributed by atoms with Crippen molar-refractivity contribution in [3.05, 3.63) is 64.6 Å². The molecule has 2 heterocycles. The third kappa shape index (κ3) is 4.94. The van der Waals surface area contributed by atoms with Gasteiger partial charge in [-0.3, -0.25) is 4.79 Å². The van der Waals surface area contributed by atoms with E-state index in [1.165, 1.54) is 17.0 Å². The molecule has 0 aliphatic carbocycles. The molecular weight excluding hydrogens is 418 g/mol. The van der Waals surface area contributed by atoms with Gasteiger partial charge in [-0.1, -0.05) is 29.8 Å². The van der Waals surface area contributed by atoms with E-state index in [2.05, 4.69) is 27.3 Å². The van der Waals surface area contributed by atoms with E-state index >= 15 is 0 Å². The fraction of sp³-hybridized carbons (Fsp3) is 0.304. The molecule has 156 valence electrons. The predicted octanol–water partition coefficient (Wildman–Crippen LogP) is 4.80. The van der Waals surface area contributed by atoms with Crippen molar-refractivity contribution in [2.24, 2.45) is 0 Å². The van der Waals surface area contributed by atoms with Crippen LogP contribution in [0.3, 0.4) is 0 Å². The molecule has 0 bridgehead atoms. The number of benzene rings is 2. The summed E-state index contributed by atoms with van der Waals surface area (Å²) in [4.78, 5) is 19.5. The Kier molecular flexibility index (Phi) is 6.55. The summed E-state index contributed by atoms with van der Waals surface area (Å²) < 4.78 is 5.22. The third-order valence-corrected chi connectivity index (χ3v) is 6.55. The van der Waals surface area contributed by atoms with Crippen molar-refractivity contribution in [2.45, 2.75) is 25.3 Å². The van der Waals surface area contributed by atoms with Crippen LogP contribution in [-0.2, 0) is 11.2 Å². The molecule has 0 saturated carbocycles. The van der Waals surface area contributed by atoms with E-state index in [4.69, 9.17) is 16.3 Å². The number of anilines is 1. The van der Waals surface area contributed by atoms with Crippen LogP contribution >= 0.6 is 22.9 Å². The molecule has 0 unspecified atom stereocenters. The highest BCUT2D eigenvalue weighted by atomic mass is 35.5. The second kappa shape index (κ2) is 9.49. The normalized spacial score (nSPS) is 14.5. The number of nitrogens with one attached hydrogen (secondary N) is 1. The zero-order valence-electron chi connectivity index (χ0n) is 16.8. The summed E-state index contributed by atoms with van der Waals surface area (Å²) in [5.74, 6) is 0.884. The van der Waals surface area contributed by atoms with Gasteiger partial charge in [0.25, 0.3) is 0 Å². The van der Waals surface area contributed by atoms with Crippen molar-refractivity contribution >= 4 is 34.5 Å². The summed E-state index contributed by atoms with van der Waals surface area (Å²) in [5.41, 5.74) is 2.87. The van der Waals surface area contributed by atoms with Gasteiger partial charge in [-0.05, 0) is 43.2 Å². The number of halogens is 1. The van der Waals surface area contributed by atoms with Gasteiger partial charge < -0.3 is 15.0 Å². The van der Waals surface area contributed by atoms with Crippen LogP contribution in [0.25, 0.3) is 10.6 Å². The number of methoxy groups -OCH3 is 1. The first-order valence-electron chi connectivity index (χ1n) is 10.00. The van der Waals surface area contributed by atoms with Gasteiger partial charge in [-0.2, -0.15) is 0 Å².